The van der Waals surface area contributed by atoms with Gasteiger partial charge in [-0.05, 0) is 25.0 Å². The third-order valence-corrected chi connectivity index (χ3v) is 4.54. The molecule has 114 valence electrons. The van der Waals surface area contributed by atoms with E-state index in [0.717, 1.165) is 0 Å². The SMILES string of the molecule is COc1cc(O)c2c(c1)[C@H]1C[C@@H](O)[C@@H](O)C[C@]1(C)OC2=O. The first-order valence-corrected chi connectivity index (χ1v) is 6.86. The second-order valence-corrected chi connectivity index (χ2v) is 5.94. The van der Waals surface area contributed by atoms with Crippen molar-refractivity contribution in [3.05, 3.63) is 23.3 Å². The van der Waals surface area contributed by atoms with E-state index in [1.165, 1.54) is 13.2 Å². The molecule has 1 aliphatic heterocycles. The maximum Gasteiger partial charge on any atom is 0.342 e. The molecule has 0 aromatic heterocycles. The average molecular weight is 294 g/mol. The molecule has 6 nitrogen and oxygen atoms in total. The van der Waals surface area contributed by atoms with Crippen molar-refractivity contribution in [2.75, 3.05) is 7.11 Å². The van der Waals surface area contributed by atoms with Gasteiger partial charge in [0.2, 0.25) is 0 Å². The minimum atomic E-state index is -0.931. The zero-order chi connectivity index (χ0) is 15.4. The molecule has 0 amide bonds. The molecule has 0 saturated heterocycles. The van der Waals surface area contributed by atoms with Gasteiger partial charge >= 0.3 is 5.97 Å². The number of hydrogen-bond donors (Lipinski definition) is 3. The lowest BCUT2D eigenvalue weighted by Crippen LogP contribution is -2.52. The lowest BCUT2D eigenvalue weighted by Gasteiger charge is -2.47. The normalized spacial score (nSPS) is 34.7. The number of methoxy groups -OCH3 is 1. The van der Waals surface area contributed by atoms with Crippen LogP contribution < -0.4 is 4.74 Å². The minimum Gasteiger partial charge on any atom is -0.507 e. The summed E-state index contributed by atoms with van der Waals surface area (Å²) in [7, 11) is 1.47. The van der Waals surface area contributed by atoms with Gasteiger partial charge in [-0.1, -0.05) is 0 Å². The van der Waals surface area contributed by atoms with Crippen LogP contribution in [0.1, 0.15) is 41.6 Å². The number of phenolic OH excluding ortho intramolecular Hbond substituents is 1. The molecule has 6 heteroatoms. The molecule has 4 atom stereocenters. The van der Waals surface area contributed by atoms with E-state index in [1.54, 1.807) is 13.0 Å². The Morgan fingerprint density at radius 3 is 2.71 bits per heavy atom. The highest BCUT2D eigenvalue weighted by Crippen LogP contribution is 2.50. The summed E-state index contributed by atoms with van der Waals surface area (Å²) in [6, 6.07) is 3.04. The standard InChI is InChI=1S/C15H18O6/c1-15-6-12(18)10(16)5-9(15)8-3-7(20-2)4-11(17)13(8)14(19)21-15/h3-4,9-10,12,16-18H,5-6H2,1-2H3/t9-,10-,12+,15+/m1/s1. The average Bonchev–Trinajstić information content (AvgIpc) is 2.40. The molecule has 2 aliphatic rings. The predicted molar refractivity (Wildman–Crippen MR) is 72.5 cm³/mol. The fraction of sp³-hybridized carbons (Fsp3) is 0.533. The lowest BCUT2D eigenvalue weighted by atomic mass is 9.68. The maximum absolute atomic E-state index is 12.2. The quantitative estimate of drug-likeness (QED) is 0.667. The number of benzene rings is 1. The molecule has 0 bridgehead atoms. The zero-order valence-corrected chi connectivity index (χ0v) is 11.9. The van der Waals surface area contributed by atoms with Crippen LogP contribution >= 0.6 is 0 Å². The number of carbonyl (C=O) groups is 1. The summed E-state index contributed by atoms with van der Waals surface area (Å²) in [6.45, 7) is 1.74. The summed E-state index contributed by atoms with van der Waals surface area (Å²) in [5.41, 5.74) is -0.194. The highest BCUT2D eigenvalue weighted by atomic mass is 16.6. The summed E-state index contributed by atoms with van der Waals surface area (Å²) in [4.78, 5) is 12.2. The first kappa shape index (κ1) is 14.2. The van der Waals surface area contributed by atoms with Gasteiger partial charge in [-0.25, -0.2) is 4.79 Å². The molecule has 1 aromatic carbocycles. The van der Waals surface area contributed by atoms with Crippen LogP contribution in [0.25, 0.3) is 0 Å². The molecule has 3 N–H and O–H groups in total. The van der Waals surface area contributed by atoms with E-state index < -0.39 is 23.8 Å². The lowest BCUT2D eigenvalue weighted by molar-refractivity contribution is -0.116. The smallest absolute Gasteiger partial charge is 0.342 e. The molecule has 1 saturated carbocycles. The van der Waals surface area contributed by atoms with Crippen LogP contribution in [0.2, 0.25) is 0 Å². The number of aromatic hydroxyl groups is 1. The maximum atomic E-state index is 12.2. The monoisotopic (exact) mass is 294 g/mol. The van der Waals surface area contributed by atoms with E-state index in [1.807, 2.05) is 0 Å². The van der Waals surface area contributed by atoms with E-state index >= 15 is 0 Å². The van der Waals surface area contributed by atoms with Crippen LogP contribution in [0.15, 0.2) is 12.1 Å². The van der Waals surface area contributed by atoms with Crippen LogP contribution in [0.3, 0.4) is 0 Å². The van der Waals surface area contributed by atoms with Crippen molar-refractivity contribution in [2.45, 2.75) is 43.5 Å². The summed E-state index contributed by atoms with van der Waals surface area (Å²) >= 11 is 0. The van der Waals surface area contributed by atoms with Gasteiger partial charge < -0.3 is 24.8 Å². The van der Waals surface area contributed by atoms with Crippen LogP contribution in [0.4, 0.5) is 0 Å². The second-order valence-electron chi connectivity index (χ2n) is 5.94. The second kappa shape index (κ2) is 4.61. The van der Waals surface area contributed by atoms with Crippen molar-refractivity contribution in [3.8, 4) is 11.5 Å². The van der Waals surface area contributed by atoms with Gasteiger partial charge in [0.05, 0.1) is 19.3 Å². The number of fused-ring (bicyclic) bond motifs is 3. The zero-order valence-electron chi connectivity index (χ0n) is 11.9. The minimum absolute atomic E-state index is 0.113. The predicted octanol–water partition coefficient (Wildman–Crippen LogP) is 0.929. The molecular weight excluding hydrogens is 276 g/mol. The first-order chi connectivity index (χ1) is 9.85. The number of hydrogen-bond acceptors (Lipinski definition) is 6. The number of esters is 1. The Kier molecular flexibility index (Phi) is 3.11. The molecule has 1 fully saturated rings. The van der Waals surface area contributed by atoms with Gasteiger partial charge in [0.1, 0.15) is 22.7 Å². The molecule has 0 spiro atoms. The van der Waals surface area contributed by atoms with Crippen molar-refractivity contribution in [1.82, 2.24) is 0 Å². The number of rotatable bonds is 1. The molecule has 0 radical (unpaired) electrons. The molecule has 1 aromatic rings. The Labute approximate surface area is 121 Å². The molecular formula is C15H18O6. The molecule has 1 aliphatic carbocycles. The van der Waals surface area contributed by atoms with Gasteiger partial charge in [-0.15, -0.1) is 0 Å². The van der Waals surface area contributed by atoms with Crippen molar-refractivity contribution >= 4 is 5.97 Å². The molecule has 1 heterocycles. The van der Waals surface area contributed by atoms with E-state index in [2.05, 4.69) is 0 Å². The van der Waals surface area contributed by atoms with E-state index in [0.29, 0.717) is 11.3 Å². The van der Waals surface area contributed by atoms with Crippen molar-refractivity contribution < 1.29 is 29.6 Å². The number of aliphatic hydroxyl groups excluding tert-OH is 2. The third kappa shape index (κ3) is 2.06. The Morgan fingerprint density at radius 2 is 2.05 bits per heavy atom. The van der Waals surface area contributed by atoms with Gasteiger partial charge in [0.15, 0.2) is 0 Å². The van der Waals surface area contributed by atoms with E-state index in [-0.39, 0.29) is 30.1 Å². The topological polar surface area (TPSA) is 96.2 Å². The fourth-order valence-corrected chi connectivity index (χ4v) is 3.41. The third-order valence-electron chi connectivity index (χ3n) is 4.54. The van der Waals surface area contributed by atoms with Gasteiger partial charge in [0.25, 0.3) is 0 Å². The van der Waals surface area contributed by atoms with Gasteiger partial charge in [-0.2, -0.15) is 0 Å². The van der Waals surface area contributed by atoms with Crippen LogP contribution in [-0.2, 0) is 4.74 Å². The number of ether oxygens (including phenoxy) is 2. The van der Waals surface area contributed by atoms with Crippen molar-refractivity contribution in [1.29, 1.82) is 0 Å². The highest BCUT2D eigenvalue weighted by molar-refractivity contribution is 5.96. The Balaban J connectivity index is 2.15. The van der Waals surface area contributed by atoms with E-state index in [4.69, 9.17) is 9.47 Å². The Morgan fingerprint density at radius 1 is 1.33 bits per heavy atom. The number of phenols is 1. The summed E-state index contributed by atoms with van der Waals surface area (Å²) in [5, 5.41) is 29.8. The Hall–Kier alpha value is -1.79. The van der Waals surface area contributed by atoms with Crippen LogP contribution in [-0.4, -0.2) is 46.2 Å². The first-order valence-electron chi connectivity index (χ1n) is 6.86. The highest BCUT2D eigenvalue weighted by Gasteiger charge is 2.52. The Bertz CT molecular complexity index is 598. The molecule has 0 unspecified atom stereocenters. The molecule has 21 heavy (non-hydrogen) atoms. The van der Waals surface area contributed by atoms with Gasteiger partial charge in [-0.3, -0.25) is 0 Å². The largest absolute Gasteiger partial charge is 0.507 e. The van der Waals surface area contributed by atoms with Crippen molar-refractivity contribution in [2.24, 2.45) is 0 Å². The van der Waals surface area contributed by atoms with Crippen LogP contribution in [0.5, 0.6) is 11.5 Å². The summed E-state index contributed by atoms with van der Waals surface area (Å²) < 4.78 is 10.6. The van der Waals surface area contributed by atoms with Gasteiger partial charge in [0, 0.05) is 18.4 Å². The summed E-state index contributed by atoms with van der Waals surface area (Å²) in [6.07, 6.45) is -1.41. The molecule has 3 rings (SSSR count). The summed E-state index contributed by atoms with van der Waals surface area (Å²) in [5.74, 6) is -0.682. The fourth-order valence-electron chi connectivity index (χ4n) is 3.41. The van der Waals surface area contributed by atoms with Crippen LogP contribution in [0, 0.1) is 0 Å². The number of aliphatic hydroxyl groups is 2. The van der Waals surface area contributed by atoms with E-state index in [9.17, 15) is 20.1 Å². The van der Waals surface area contributed by atoms with Crippen molar-refractivity contribution in [3.63, 3.8) is 0 Å². The number of carbonyl (C=O) groups excluding carboxylic acids is 1.